The minimum Gasteiger partial charge on any atom is -0.481 e. The van der Waals surface area contributed by atoms with Crippen LogP contribution in [0.1, 0.15) is 124 Å². The summed E-state index contributed by atoms with van der Waals surface area (Å²) in [4.78, 5) is 24.7. The molecule has 2 unspecified atom stereocenters. The predicted molar refractivity (Wildman–Crippen MR) is 124 cm³/mol. The van der Waals surface area contributed by atoms with Crippen molar-refractivity contribution in [1.82, 2.24) is 0 Å². The number of carboxylic acids is 2. The minimum absolute atomic E-state index is 0.339. The van der Waals surface area contributed by atoms with Gasteiger partial charge in [0, 0.05) is 0 Å². The van der Waals surface area contributed by atoms with Crippen molar-refractivity contribution in [2.45, 2.75) is 124 Å². The van der Waals surface area contributed by atoms with Crippen LogP contribution in [0.5, 0.6) is 0 Å². The Balaban J connectivity index is 2.48. The molecule has 4 nitrogen and oxygen atoms in total. The van der Waals surface area contributed by atoms with Crippen LogP contribution in [0.25, 0.3) is 0 Å². The fourth-order valence-corrected chi connectivity index (χ4v) is 5.14. The fourth-order valence-electron chi connectivity index (χ4n) is 5.14. The second kappa shape index (κ2) is 13.9. The van der Waals surface area contributed by atoms with Crippen LogP contribution in [0.3, 0.4) is 0 Å². The largest absolute Gasteiger partial charge is 0.481 e. The summed E-state index contributed by atoms with van der Waals surface area (Å²) in [5, 5.41) is 20.2. The van der Waals surface area contributed by atoms with Gasteiger partial charge in [-0.15, -0.1) is 0 Å². The number of hydrogen-bond donors (Lipinski definition) is 2. The maximum absolute atomic E-state index is 12.4. The molecule has 1 aliphatic carbocycles. The zero-order chi connectivity index (χ0) is 22.5. The van der Waals surface area contributed by atoms with Gasteiger partial charge in [0.05, 0.1) is 10.8 Å². The molecular weight excluding hydrogens is 376 g/mol. The van der Waals surface area contributed by atoms with Gasteiger partial charge in [-0.3, -0.25) is 9.59 Å². The van der Waals surface area contributed by atoms with E-state index in [0.29, 0.717) is 25.7 Å². The van der Waals surface area contributed by atoms with Crippen LogP contribution in [0, 0.1) is 16.7 Å². The van der Waals surface area contributed by atoms with E-state index in [1.165, 1.54) is 44.9 Å². The third-order valence-corrected chi connectivity index (χ3v) is 7.18. The molecule has 0 aliphatic heterocycles. The lowest BCUT2D eigenvalue weighted by molar-refractivity contribution is -0.177. The topological polar surface area (TPSA) is 74.6 Å². The highest BCUT2D eigenvalue weighted by Gasteiger charge is 2.60. The Bertz CT molecular complexity index is 539. The molecule has 0 fully saturated rings. The highest BCUT2D eigenvalue weighted by molar-refractivity contribution is 5.87. The molecule has 0 saturated carbocycles. The van der Waals surface area contributed by atoms with E-state index in [1.54, 1.807) is 0 Å². The summed E-state index contributed by atoms with van der Waals surface area (Å²) in [6.45, 7) is 6.59. The summed E-state index contributed by atoms with van der Waals surface area (Å²) in [5.74, 6) is -1.05. The highest BCUT2D eigenvalue weighted by atomic mass is 16.4. The lowest BCUT2D eigenvalue weighted by Gasteiger charge is -2.46. The third-order valence-electron chi connectivity index (χ3n) is 7.18. The molecule has 0 aromatic heterocycles. The van der Waals surface area contributed by atoms with E-state index in [2.05, 4.69) is 13.8 Å². The van der Waals surface area contributed by atoms with E-state index < -0.39 is 22.8 Å². The summed E-state index contributed by atoms with van der Waals surface area (Å²) in [5.41, 5.74) is -2.33. The summed E-state index contributed by atoms with van der Waals surface area (Å²) < 4.78 is 0. The first-order valence-corrected chi connectivity index (χ1v) is 12.4. The molecule has 4 heteroatoms. The summed E-state index contributed by atoms with van der Waals surface area (Å²) >= 11 is 0. The van der Waals surface area contributed by atoms with Crippen LogP contribution in [0.15, 0.2) is 12.2 Å². The molecule has 0 aromatic rings. The van der Waals surface area contributed by atoms with Gasteiger partial charge < -0.3 is 10.2 Å². The quantitative estimate of drug-likeness (QED) is 0.187. The van der Waals surface area contributed by atoms with Crippen LogP contribution in [-0.4, -0.2) is 22.2 Å². The van der Waals surface area contributed by atoms with Gasteiger partial charge in [0.1, 0.15) is 0 Å². The van der Waals surface area contributed by atoms with Gasteiger partial charge in [0.25, 0.3) is 0 Å². The monoisotopic (exact) mass is 422 g/mol. The van der Waals surface area contributed by atoms with E-state index in [9.17, 15) is 19.8 Å². The Morgan fingerprint density at radius 2 is 1.13 bits per heavy atom. The van der Waals surface area contributed by atoms with Crippen LogP contribution in [0.4, 0.5) is 0 Å². The zero-order valence-corrected chi connectivity index (χ0v) is 19.8. The number of carbonyl (C=O) groups is 2. The molecule has 0 radical (unpaired) electrons. The number of carboxylic acid groups (broad SMARTS) is 2. The van der Waals surface area contributed by atoms with Crippen LogP contribution in [-0.2, 0) is 9.59 Å². The molecule has 0 spiro atoms. The van der Waals surface area contributed by atoms with E-state index in [4.69, 9.17) is 0 Å². The van der Waals surface area contributed by atoms with Gasteiger partial charge in [-0.2, -0.15) is 0 Å². The van der Waals surface area contributed by atoms with Crippen molar-refractivity contribution in [3.05, 3.63) is 12.2 Å². The van der Waals surface area contributed by atoms with Gasteiger partial charge in [-0.1, -0.05) is 110 Å². The highest BCUT2D eigenvalue weighted by Crippen LogP contribution is 2.55. The first-order chi connectivity index (χ1) is 14.3. The first kappa shape index (κ1) is 26.7. The summed E-state index contributed by atoms with van der Waals surface area (Å²) in [6, 6.07) is 0. The molecule has 1 rings (SSSR count). The number of hydrogen-bond acceptors (Lipinski definition) is 2. The lowest BCUT2D eigenvalue weighted by Crippen LogP contribution is -2.53. The minimum atomic E-state index is -1.17. The number of aliphatic carboxylic acids is 2. The second-order valence-electron chi connectivity index (χ2n) is 9.87. The SMILES string of the molecule is CCCCC1(C(=O)O)CC=CCC1(CCCCCCCCCCCC(C)C)C(=O)O. The van der Waals surface area contributed by atoms with Crippen LogP contribution < -0.4 is 0 Å². The number of allylic oxidation sites excluding steroid dienone is 2. The third kappa shape index (κ3) is 7.42. The number of unbranched alkanes of at least 4 members (excludes halogenated alkanes) is 9. The van der Waals surface area contributed by atoms with Gasteiger partial charge in [-0.05, 0) is 31.6 Å². The van der Waals surface area contributed by atoms with Gasteiger partial charge >= 0.3 is 11.9 Å². The molecule has 2 atom stereocenters. The average molecular weight is 423 g/mol. The smallest absolute Gasteiger partial charge is 0.311 e. The normalized spacial score (nSPS) is 23.7. The molecule has 1 aliphatic rings. The van der Waals surface area contributed by atoms with Gasteiger partial charge in [0.2, 0.25) is 0 Å². The lowest BCUT2D eigenvalue weighted by atomic mass is 9.54. The second-order valence-corrected chi connectivity index (χ2v) is 9.87. The maximum Gasteiger partial charge on any atom is 0.311 e. The predicted octanol–water partition coefficient (Wildman–Crippen LogP) is 7.62. The van der Waals surface area contributed by atoms with Gasteiger partial charge in [0.15, 0.2) is 0 Å². The Morgan fingerprint density at radius 1 is 0.733 bits per heavy atom. The summed E-state index contributed by atoms with van der Waals surface area (Å²) in [6.07, 6.45) is 19.0. The Kier molecular flexibility index (Phi) is 12.4. The van der Waals surface area contributed by atoms with Crippen LogP contribution in [0.2, 0.25) is 0 Å². The van der Waals surface area contributed by atoms with Crippen LogP contribution >= 0.6 is 0 Å². The van der Waals surface area contributed by atoms with Gasteiger partial charge in [-0.25, -0.2) is 0 Å². The zero-order valence-electron chi connectivity index (χ0n) is 19.8. The molecule has 0 aromatic carbocycles. The Morgan fingerprint density at radius 3 is 1.53 bits per heavy atom. The van der Waals surface area contributed by atoms with Crippen molar-refractivity contribution in [3.63, 3.8) is 0 Å². The van der Waals surface area contributed by atoms with Crippen molar-refractivity contribution in [2.75, 3.05) is 0 Å². The molecular formula is C26H46O4. The molecule has 0 heterocycles. The Labute approximate surface area is 184 Å². The molecule has 0 amide bonds. The standard InChI is InChI=1S/C26H46O4/c1-4-5-18-25(23(27)28)20-15-16-21-26(25,24(29)30)19-14-12-10-8-6-7-9-11-13-17-22(2)3/h15-16,22H,4-14,17-21H2,1-3H3,(H,27,28)(H,29,30). The first-order valence-electron chi connectivity index (χ1n) is 12.4. The molecule has 2 N–H and O–H groups in total. The molecule has 0 saturated heterocycles. The van der Waals surface area contributed by atoms with E-state index >= 15 is 0 Å². The summed E-state index contributed by atoms with van der Waals surface area (Å²) in [7, 11) is 0. The number of rotatable bonds is 17. The van der Waals surface area contributed by atoms with Crippen molar-refractivity contribution in [3.8, 4) is 0 Å². The van der Waals surface area contributed by atoms with E-state index in [-0.39, 0.29) is 0 Å². The van der Waals surface area contributed by atoms with Crippen molar-refractivity contribution >= 4 is 11.9 Å². The molecule has 174 valence electrons. The van der Waals surface area contributed by atoms with Crippen molar-refractivity contribution < 1.29 is 19.8 Å². The molecule has 30 heavy (non-hydrogen) atoms. The van der Waals surface area contributed by atoms with E-state index in [0.717, 1.165) is 38.0 Å². The maximum atomic E-state index is 12.4. The fraction of sp³-hybridized carbons (Fsp3) is 0.846. The Hall–Kier alpha value is -1.32. The van der Waals surface area contributed by atoms with Crippen molar-refractivity contribution in [2.24, 2.45) is 16.7 Å². The van der Waals surface area contributed by atoms with E-state index in [1.807, 2.05) is 19.1 Å². The average Bonchev–Trinajstić information content (AvgIpc) is 2.70. The molecule has 0 bridgehead atoms. The van der Waals surface area contributed by atoms with Crippen molar-refractivity contribution in [1.29, 1.82) is 0 Å².